The van der Waals surface area contributed by atoms with E-state index in [0.717, 1.165) is 23.6 Å². The minimum Gasteiger partial charge on any atom is -0.392 e. The van der Waals surface area contributed by atoms with Crippen LogP contribution in [0.2, 0.25) is 0 Å². The topological polar surface area (TPSA) is 56.7 Å². The Labute approximate surface area is 144 Å². The van der Waals surface area contributed by atoms with Gasteiger partial charge in [-0.3, -0.25) is 0 Å². The summed E-state index contributed by atoms with van der Waals surface area (Å²) in [5.41, 5.74) is 4.49. The average molecular weight is 325 g/mol. The zero-order chi connectivity index (χ0) is 17.4. The van der Waals surface area contributed by atoms with Gasteiger partial charge in [0.05, 0.1) is 19.2 Å². The molecule has 0 bridgehead atoms. The second-order valence-corrected chi connectivity index (χ2v) is 5.84. The van der Waals surface area contributed by atoms with Gasteiger partial charge in [0.15, 0.2) is 5.96 Å². The fraction of sp³-hybridized carbons (Fsp3) is 0.350. The van der Waals surface area contributed by atoms with Gasteiger partial charge in [-0.05, 0) is 43.0 Å². The van der Waals surface area contributed by atoms with E-state index in [2.05, 4.69) is 60.7 Å². The third-order valence-electron chi connectivity index (χ3n) is 4.05. The first kappa shape index (κ1) is 18.0. The number of aryl methyl sites for hydroxylation is 1. The molecule has 0 saturated heterocycles. The van der Waals surface area contributed by atoms with E-state index in [1.54, 1.807) is 0 Å². The van der Waals surface area contributed by atoms with Crippen molar-refractivity contribution in [3.63, 3.8) is 0 Å². The SMILES string of the molecule is CCNC(=NCc1ccccc1CO)NC(C)c1ccccc1C. The number of rotatable bonds is 6. The predicted octanol–water partition coefficient (Wildman–Crippen LogP) is 3.30. The maximum absolute atomic E-state index is 9.43. The molecule has 0 spiro atoms. The normalized spacial score (nSPS) is 12.8. The summed E-state index contributed by atoms with van der Waals surface area (Å²) in [5, 5.41) is 16.2. The Morgan fingerprint density at radius 3 is 2.42 bits per heavy atom. The van der Waals surface area contributed by atoms with Crippen LogP contribution in [0.5, 0.6) is 0 Å². The molecule has 3 N–H and O–H groups in total. The molecule has 0 aliphatic rings. The molecule has 0 aliphatic carbocycles. The van der Waals surface area contributed by atoms with E-state index >= 15 is 0 Å². The average Bonchev–Trinajstić information content (AvgIpc) is 2.60. The van der Waals surface area contributed by atoms with Crippen LogP contribution in [0.4, 0.5) is 0 Å². The van der Waals surface area contributed by atoms with Crippen LogP contribution >= 0.6 is 0 Å². The molecule has 0 fully saturated rings. The van der Waals surface area contributed by atoms with Gasteiger partial charge in [-0.2, -0.15) is 0 Å². The van der Waals surface area contributed by atoms with Crippen LogP contribution in [0.3, 0.4) is 0 Å². The monoisotopic (exact) mass is 325 g/mol. The van der Waals surface area contributed by atoms with Crippen molar-refractivity contribution >= 4 is 5.96 Å². The summed E-state index contributed by atoms with van der Waals surface area (Å²) >= 11 is 0. The molecule has 0 heterocycles. The number of benzene rings is 2. The molecule has 0 amide bonds. The second kappa shape index (κ2) is 9.08. The lowest BCUT2D eigenvalue weighted by Crippen LogP contribution is -2.38. The van der Waals surface area contributed by atoms with Gasteiger partial charge in [-0.25, -0.2) is 4.99 Å². The van der Waals surface area contributed by atoms with Crippen molar-refractivity contribution in [2.45, 2.75) is 40.0 Å². The summed E-state index contributed by atoms with van der Waals surface area (Å²) in [5.74, 6) is 0.779. The molecule has 0 aliphatic heterocycles. The Morgan fingerprint density at radius 2 is 1.75 bits per heavy atom. The zero-order valence-electron chi connectivity index (χ0n) is 14.7. The van der Waals surface area contributed by atoms with E-state index in [1.165, 1.54) is 11.1 Å². The highest BCUT2D eigenvalue weighted by molar-refractivity contribution is 5.80. The van der Waals surface area contributed by atoms with Crippen LogP contribution in [0.15, 0.2) is 53.5 Å². The van der Waals surface area contributed by atoms with Gasteiger partial charge in [0.25, 0.3) is 0 Å². The number of hydrogen-bond acceptors (Lipinski definition) is 2. The van der Waals surface area contributed by atoms with Crippen molar-refractivity contribution in [2.24, 2.45) is 4.99 Å². The van der Waals surface area contributed by atoms with Crippen LogP contribution in [0.25, 0.3) is 0 Å². The van der Waals surface area contributed by atoms with Gasteiger partial charge >= 0.3 is 0 Å². The lowest BCUT2D eigenvalue weighted by Gasteiger charge is -2.20. The van der Waals surface area contributed by atoms with Gasteiger partial charge in [0.1, 0.15) is 0 Å². The van der Waals surface area contributed by atoms with Crippen molar-refractivity contribution in [1.29, 1.82) is 0 Å². The first-order valence-electron chi connectivity index (χ1n) is 8.43. The highest BCUT2D eigenvalue weighted by Gasteiger charge is 2.10. The quantitative estimate of drug-likeness (QED) is 0.564. The minimum absolute atomic E-state index is 0.0370. The Balaban J connectivity index is 2.12. The van der Waals surface area contributed by atoms with Crippen LogP contribution in [-0.4, -0.2) is 17.6 Å². The molecule has 2 rings (SSSR count). The Bertz CT molecular complexity index is 682. The lowest BCUT2D eigenvalue weighted by atomic mass is 10.0. The molecular formula is C20H27N3O. The minimum atomic E-state index is 0.0370. The third kappa shape index (κ3) is 4.83. The first-order valence-corrected chi connectivity index (χ1v) is 8.43. The Kier molecular flexibility index (Phi) is 6.82. The summed E-state index contributed by atoms with van der Waals surface area (Å²) < 4.78 is 0. The van der Waals surface area contributed by atoms with Gasteiger partial charge in [0.2, 0.25) is 0 Å². The zero-order valence-corrected chi connectivity index (χ0v) is 14.7. The fourth-order valence-electron chi connectivity index (χ4n) is 2.71. The van der Waals surface area contributed by atoms with Crippen molar-refractivity contribution in [2.75, 3.05) is 6.54 Å². The molecule has 4 nitrogen and oxygen atoms in total. The van der Waals surface area contributed by atoms with Crippen molar-refractivity contribution in [1.82, 2.24) is 10.6 Å². The predicted molar refractivity (Wildman–Crippen MR) is 99.9 cm³/mol. The number of aliphatic hydroxyl groups is 1. The summed E-state index contributed by atoms with van der Waals surface area (Å²) in [4.78, 5) is 4.67. The van der Waals surface area contributed by atoms with Gasteiger partial charge in [-0.1, -0.05) is 48.5 Å². The van der Waals surface area contributed by atoms with Crippen LogP contribution in [0.1, 0.15) is 42.1 Å². The highest BCUT2D eigenvalue weighted by atomic mass is 16.3. The molecule has 4 heteroatoms. The maximum Gasteiger partial charge on any atom is 0.192 e. The molecule has 2 aromatic carbocycles. The molecule has 128 valence electrons. The Morgan fingerprint density at radius 1 is 1.08 bits per heavy atom. The van der Waals surface area contributed by atoms with Gasteiger partial charge in [-0.15, -0.1) is 0 Å². The molecular weight excluding hydrogens is 298 g/mol. The maximum atomic E-state index is 9.43. The Hall–Kier alpha value is -2.33. The summed E-state index contributed by atoms with van der Waals surface area (Å²) in [7, 11) is 0. The van der Waals surface area contributed by atoms with Crippen molar-refractivity contribution in [3.8, 4) is 0 Å². The third-order valence-corrected chi connectivity index (χ3v) is 4.05. The summed E-state index contributed by atoms with van der Waals surface area (Å²) in [6.45, 7) is 7.68. The van der Waals surface area contributed by atoms with E-state index in [0.29, 0.717) is 6.54 Å². The van der Waals surface area contributed by atoms with Crippen LogP contribution < -0.4 is 10.6 Å². The molecule has 0 saturated carbocycles. The second-order valence-electron chi connectivity index (χ2n) is 5.84. The van der Waals surface area contributed by atoms with Gasteiger partial charge in [0, 0.05) is 6.54 Å². The number of nitrogens with one attached hydrogen (secondary N) is 2. The highest BCUT2D eigenvalue weighted by Crippen LogP contribution is 2.16. The van der Waals surface area contributed by atoms with E-state index in [-0.39, 0.29) is 12.6 Å². The molecule has 0 radical (unpaired) electrons. The van der Waals surface area contributed by atoms with Crippen LogP contribution in [-0.2, 0) is 13.2 Å². The van der Waals surface area contributed by atoms with Gasteiger partial charge < -0.3 is 15.7 Å². The van der Waals surface area contributed by atoms with E-state index in [9.17, 15) is 5.11 Å². The molecule has 1 unspecified atom stereocenters. The smallest absolute Gasteiger partial charge is 0.192 e. The summed E-state index contributed by atoms with van der Waals surface area (Å²) in [6, 6.07) is 16.4. The van der Waals surface area contributed by atoms with Crippen molar-refractivity contribution in [3.05, 3.63) is 70.8 Å². The molecule has 1 atom stereocenters. The number of aliphatic imine (C=N–C) groups is 1. The van der Waals surface area contributed by atoms with E-state index < -0.39 is 0 Å². The van der Waals surface area contributed by atoms with E-state index in [4.69, 9.17) is 0 Å². The lowest BCUT2D eigenvalue weighted by molar-refractivity contribution is 0.280. The summed E-state index contributed by atoms with van der Waals surface area (Å²) in [6.07, 6.45) is 0. The largest absolute Gasteiger partial charge is 0.392 e. The standard InChI is InChI=1S/C20H27N3O/c1-4-21-20(22-13-17-10-6-7-11-18(17)14-24)23-16(3)19-12-8-5-9-15(19)2/h5-12,16,24H,4,13-14H2,1-3H3,(H2,21,22,23). The number of aliphatic hydroxyl groups excluding tert-OH is 1. The fourth-order valence-corrected chi connectivity index (χ4v) is 2.71. The number of hydrogen-bond donors (Lipinski definition) is 3. The molecule has 24 heavy (non-hydrogen) atoms. The van der Waals surface area contributed by atoms with Crippen molar-refractivity contribution < 1.29 is 5.11 Å². The molecule has 2 aromatic rings. The number of guanidine groups is 1. The van der Waals surface area contributed by atoms with E-state index in [1.807, 2.05) is 24.3 Å². The molecule has 0 aromatic heterocycles. The first-order chi connectivity index (χ1) is 11.7. The van der Waals surface area contributed by atoms with Crippen LogP contribution in [0, 0.1) is 6.92 Å². The number of nitrogens with zero attached hydrogens (tertiary/aromatic N) is 1.